The maximum atomic E-state index is 12.2. The van der Waals surface area contributed by atoms with Crippen LogP contribution in [0.15, 0.2) is 24.3 Å². The third-order valence-corrected chi connectivity index (χ3v) is 9.49. The van der Waals surface area contributed by atoms with Crippen LogP contribution in [0.1, 0.15) is 75.7 Å². The first-order valence-corrected chi connectivity index (χ1v) is 14.0. The highest BCUT2D eigenvalue weighted by Gasteiger charge is 2.39. The molecule has 1 aliphatic heterocycles. The van der Waals surface area contributed by atoms with E-state index in [1.807, 2.05) is 45.7 Å². The number of carbonyl (C=O) groups is 1. The van der Waals surface area contributed by atoms with Crippen LogP contribution < -0.4 is 0 Å². The Bertz CT molecular complexity index is 673. The summed E-state index contributed by atoms with van der Waals surface area (Å²) in [6, 6.07) is 7.15. The van der Waals surface area contributed by atoms with E-state index in [9.17, 15) is 15.0 Å². The van der Waals surface area contributed by atoms with Gasteiger partial charge in [-0.1, -0.05) is 59.4 Å². The summed E-state index contributed by atoms with van der Waals surface area (Å²) in [5.74, 6) is 1.26. The molecule has 0 spiro atoms. The molecule has 1 saturated carbocycles. The molecule has 3 rings (SSSR count). The van der Waals surface area contributed by atoms with Gasteiger partial charge in [0.05, 0.1) is 5.60 Å². The minimum Gasteiger partial charge on any atom is -0.508 e. The van der Waals surface area contributed by atoms with Crippen molar-refractivity contribution in [2.24, 2.45) is 0 Å². The normalized spacial score (nSPS) is 21.8. The fraction of sp³-hybridized carbons (Fsp3) is 0.708. The van der Waals surface area contributed by atoms with Crippen LogP contribution in [0.5, 0.6) is 5.75 Å². The van der Waals surface area contributed by atoms with Crippen molar-refractivity contribution >= 4 is 27.6 Å². The first-order chi connectivity index (χ1) is 15.0. The zero-order valence-electron chi connectivity index (χ0n) is 18.6. The minimum absolute atomic E-state index is 0.0844. The van der Waals surface area contributed by atoms with Gasteiger partial charge in [0.25, 0.3) is 0 Å². The minimum atomic E-state index is -0.760. The lowest BCUT2D eigenvalue weighted by molar-refractivity contribution is -0.148. The fourth-order valence-electron chi connectivity index (χ4n) is 4.63. The van der Waals surface area contributed by atoms with Crippen molar-refractivity contribution in [2.45, 2.75) is 81.0 Å². The van der Waals surface area contributed by atoms with E-state index in [-0.39, 0.29) is 24.4 Å². The Morgan fingerprint density at radius 1 is 1.23 bits per heavy atom. The molecule has 2 N–H and O–H groups in total. The van der Waals surface area contributed by atoms with E-state index >= 15 is 0 Å². The molecule has 1 heterocycles. The number of phenolic OH excluding ortho intramolecular Hbond substituents is 1. The van der Waals surface area contributed by atoms with Crippen LogP contribution in [-0.2, 0) is 9.53 Å². The molecule has 0 bridgehead atoms. The van der Waals surface area contributed by atoms with Crippen LogP contribution >= 0.6 is 21.6 Å². The number of aromatic hydroxyl groups is 1. The molecule has 0 aromatic heterocycles. The first-order valence-electron chi connectivity index (χ1n) is 11.6. The number of benzene rings is 1. The first kappa shape index (κ1) is 24.7. The van der Waals surface area contributed by atoms with Gasteiger partial charge in [-0.3, -0.25) is 9.69 Å². The lowest BCUT2D eigenvalue weighted by Crippen LogP contribution is -2.44. The van der Waals surface area contributed by atoms with Gasteiger partial charge in [-0.25, -0.2) is 0 Å². The molecule has 1 unspecified atom stereocenters. The number of likely N-dealkylation sites (N-methyl/N-ethyl adjacent to an activating group) is 1. The third-order valence-electron chi connectivity index (χ3n) is 6.49. The number of ether oxygens (including phenoxy) is 1. The fourth-order valence-corrected chi connectivity index (χ4v) is 7.66. The number of carbonyl (C=O) groups excluding carboxylic acids is 1. The molecule has 2 atom stereocenters. The Hall–Kier alpha value is -0.890. The summed E-state index contributed by atoms with van der Waals surface area (Å²) >= 11 is 0. The molecule has 0 amide bonds. The Balaban J connectivity index is 1.46. The molecule has 31 heavy (non-hydrogen) atoms. The van der Waals surface area contributed by atoms with E-state index in [1.165, 1.54) is 18.6 Å². The molecule has 1 aromatic rings. The highest BCUT2D eigenvalue weighted by molar-refractivity contribution is 8.77. The van der Waals surface area contributed by atoms with E-state index in [4.69, 9.17) is 4.74 Å². The Morgan fingerprint density at radius 3 is 2.65 bits per heavy atom. The van der Waals surface area contributed by atoms with Crippen LogP contribution in [0, 0.1) is 0 Å². The van der Waals surface area contributed by atoms with Crippen LogP contribution in [0.4, 0.5) is 0 Å². The topological polar surface area (TPSA) is 70.0 Å². The second kappa shape index (κ2) is 12.4. The van der Waals surface area contributed by atoms with E-state index < -0.39 is 5.60 Å². The van der Waals surface area contributed by atoms with Gasteiger partial charge in [0.1, 0.15) is 12.5 Å². The number of hydrogen-bond acceptors (Lipinski definition) is 7. The van der Waals surface area contributed by atoms with Crippen molar-refractivity contribution in [2.75, 3.05) is 26.1 Å². The van der Waals surface area contributed by atoms with Crippen molar-refractivity contribution in [3.8, 4) is 5.75 Å². The number of unbranched alkanes of at least 4 members (excludes halogenated alkanes) is 1. The Morgan fingerprint density at radius 2 is 1.97 bits per heavy atom. The van der Waals surface area contributed by atoms with Crippen molar-refractivity contribution < 1.29 is 19.7 Å². The summed E-state index contributed by atoms with van der Waals surface area (Å²) in [6.07, 6.45) is 9.72. The van der Waals surface area contributed by atoms with Gasteiger partial charge >= 0.3 is 5.97 Å². The van der Waals surface area contributed by atoms with Crippen molar-refractivity contribution in [3.05, 3.63) is 29.8 Å². The van der Waals surface area contributed by atoms with Gasteiger partial charge in [-0.15, -0.1) is 0 Å². The monoisotopic (exact) mass is 467 g/mol. The quantitative estimate of drug-likeness (QED) is 0.198. The maximum Gasteiger partial charge on any atom is 0.307 e. The highest BCUT2D eigenvalue weighted by atomic mass is 33.1. The Labute approximate surface area is 194 Å². The molecular weight excluding hydrogens is 430 g/mol. The molecule has 2 fully saturated rings. The molecule has 174 valence electrons. The molecule has 1 saturated heterocycles. The number of hydrogen-bond donors (Lipinski definition) is 2. The van der Waals surface area contributed by atoms with Gasteiger partial charge in [0.15, 0.2) is 0 Å². The molecule has 1 aromatic carbocycles. The Kier molecular flexibility index (Phi) is 9.88. The van der Waals surface area contributed by atoms with Gasteiger partial charge in [-0.05, 0) is 56.8 Å². The molecule has 5 nitrogen and oxygen atoms in total. The molecule has 1 aliphatic carbocycles. The van der Waals surface area contributed by atoms with Gasteiger partial charge in [0.2, 0.25) is 0 Å². The standard InChI is InChI=1S/C24H37NO4S2/c1-25(18-29-23(27)8-4-3-7-21-13-16-30-31-21)17-22(19-9-11-20(26)12-10-19)24(28)14-5-2-6-15-24/h9-12,21-22,26,28H,2-8,13-18H2,1H3/t21-,22?/m1/s1. The van der Waals surface area contributed by atoms with Crippen molar-refractivity contribution in [1.82, 2.24) is 4.90 Å². The third kappa shape index (κ3) is 7.88. The van der Waals surface area contributed by atoms with Crippen LogP contribution in [0.25, 0.3) is 0 Å². The van der Waals surface area contributed by atoms with Crippen molar-refractivity contribution in [1.29, 1.82) is 0 Å². The summed E-state index contributed by atoms with van der Waals surface area (Å²) in [6.45, 7) is 0.837. The summed E-state index contributed by atoms with van der Waals surface area (Å²) in [4.78, 5) is 14.1. The average molecular weight is 468 g/mol. The number of rotatable bonds is 11. The zero-order chi connectivity index (χ0) is 22.1. The summed E-state index contributed by atoms with van der Waals surface area (Å²) in [7, 11) is 5.88. The van der Waals surface area contributed by atoms with E-state index in [1.54, 1.807) is 12.1 Å². The smallest absolute Gasteiger partial charge is 0.307 e. The second-order valence-corrected chi connectivity index (χ2v) is 11.9. The number of esters is 1. The zero-order valence-corrected chi connectivity index (χ0v) is 20.3. The van der Waals surface area contributed by atoms with E-state index in [2.05, 4.69) is 0 Å². The lowest BCUT2D eigenvalue weighted by atomic mass is 9.72. The predicted octanol–water partition coefficient (Wildman–Crippen LogP) is 5.32. The van der Waals surface area contributed by atoms with E-state index in [0.29, 0.717) is 13.0 Å². The molecule has 0 radical (unpaired) electrons. The SMILES string of the molecule is CN(COC(=O)CCCC[C@@H]1CCSS1)CC(c1ccc(O)cc1)C1(O)CCCCC1. The molecular formula is C24H37NO4S2. The van der Waals surface area contributed by atoms with Gasteiger partial charge in [0, 0.05) is 29.9 Å². The van der Waals surface area contributed by atoms with Gasteiger partial charge < -0.3 is 14.9 Å². The van der Waals surface area contributed by atoms with Gasteiger partial charge in [-0.2, -0.15) is 0 Å². The van der Waals surface area contributed by atoms with Crippen LogP contribution in [-0.4, -0.2) is 58.0 Å². The van der Waals surface area contributed by atoms with Crippen LogP contribution in [0.3, 0.4) is 0 Å². The maximum absolute atomic E-state index is 12.2. The largest absolute Gasteiger partial charge is 0.508 e. The lowest BCUT2D eigenvalue weighted by Gasteiger charge is -2.41. The summed E-state index contributed by atoms with van der Waals surface area (Å²) in [5, 5.41) is 21.8. The molecule has 7 heteroatoms. The van der Waals surface area contributed by atoms with Crippen LogP contribution in [0.2, 0.25) is 0 Å². The number of phenols is 1. The highest BCUT2D eigenvalue weighted by Crippen LogP contribution is 2.41. The molecule has 2 aliphatic rings. The predicted molar refractivity (Wildman–Crippen MR) is 129 cm³/mol. The summed E-state index contributed by atoms with van der Waals surface area (Å²) in [5.41, 5.74) is 0.257. The number of nitrogens with zero attached hydrogens (tertiary/aromatic N) is 1. The second-order valence-electron chi connectivity index (χ2n) is 9.07. The average Bonchev–Trinajstić information content (AvgIpc) is 3.28. The summed E-state index contributed by atoms with van der Waals surface area (Å²) < 4.78 is 5.51. The number of aliphatic hydroxyl groups is 1. The van der Waals surface area contributed by atoms with Crippen molar-refractivity contribution in [3.63, 3.8) is 0 Å². The van der Waals surface area contributed by atoms with E-state index in [0.717, 1.165) is 55.8 Å².